The smallest absolute Gasteiger partial charge is 0.347 e. The van der Waals surface area contributed by atoms with Crippen molar-refractivity contribution in [2.24, 2.45) is 0 Å². The summed E-state index contributed by atoms with van der Waals surface area (Å²) in [6.07, 6.45) is 0.448. The van der Waals surface area contributed by atoms with E-state index in [1.54, 1.807) is 13.8 Å². The average molecular weight is 279 g/mol. The second-order valence-electron chi connectivity index (χ2n) is 4.60. The fraction of sp³-hybridized carbons (Fsp3) is 0.562. The van der Waals surface area contributed by atoms with Crippen LogP contribution in [0.1, 0.15) is 45.7 Å². The fourth-order valence-corrected chi connectivity index (χ4v) is 2.03. The molecule has 20 heavy (non-hydrogen) atoms. The van der Waals surface area contributed by atoms with E-state index in [0.717, 1.165) is 13.0 Å². The molecule has 0 bridgehead atoms. The van der Waals surface area contributed by atoms with Crippen LogP contribution in [0.5, 0.6) is 5.75 Å². The van der Waals surface area contributed by atoms with E-state index in [1.807, 2.05) is 24.3 Å². The Morgan fingerprint density at radius 2 is 1.85 bits per heavy atom. The molecule has 4 nitrogen and oxygen atoms in total. The summed E-state index contributed by atoms with van der Waals surface area (Å²) in [6.45, 7) is 9.04. The highest BCUT2D eigenvalue weighted by Gasteiger charge is 2.15. The summed E-state index contributed by atoms with van der Waals surface area (Å²) in [5.74, 6) is 0.344. The molecule has 0 aliphatic rings. The number of esters is 1. The topological polar surface area (TPSA) is 47.6 Å². The molecule has 2 unspecified atom stereocenters. The van der Waals surface area contributed by atoms with Gasteiger partial charge in [-0.05, 0) is 44.5 Å². The molecule has 2 atom stereocenters. The van der Waals surface area contributed by atoms with E-state index in [4.69, 9.17) is 9.47 Å². The maximum atomic E-state index is 11.5. The Morgan fingerprint density at radius 1 is 1.20 bits per heavy atom. The Hall–Kier alpha value is -1.55. The van der Waals surface area contributed by atoms with Crippen LogP contribution in [0.3, 0.4) is 0 Å². The molecule has 0 spiro atoms. The monoisotopic (exact) mass is 279 g/mol. The van der Waals surface area contributed by atoms with Crippen LogP contribution in [0, 0.1) is 0 Å². The minimum atomic E-state index is -0.587. The molecule has 0 aliphatic heterocycles. The highest BCUT2D eigenvalue weighted by atomic mass is 16.6. The van der Waals surface area contributed by atoms with E-state index in [1.165, 1.54) is 5.56 Å². The standard InChI is InChI=1S/C16H25NO3/c1-5-15(17-6-2)13-8-10-14(11-9-13)20-12(4)16(18)19-7-3/h8-12,15,17H,5-7H2,1-4H3. The summed E-state index contributed by atoms with van der Waals surface area (Å²) < 4.78 is 10.5. The van der Waals surface area contributed by atoms with E-state index in [9.17, 15) is 4.79 Å². The highest BCUT2D eigenvalue weighted by Crippen LogP contribution is 2.21. The lowest BCUT2D eigenvalue weighted by atomic mass is 10.0. The first-order chi connectivity index (χ1) is 9.62. The van der Waals surface area contributed by atoms with Gasteiger partial charge >= 0.3 is 5.97 Å². The molecule has 0 saturated carbocycles. The van der Waals surface area contributed by atoms with E-state index >= 15 is 0 Å². The van der Waals surface area contributed by atoms with Gasteiger partial charge in [0, 0.05) is 6.04 Å². The minimum Gasteiger partial charge on any atom is -0.479 e. The number of benzene rings is 1. The molecular formula is C16H25NO3. The lowest BCUT2D eigenvalue weighted by Crippen LogP contribution is -2.26. The second kappa shape index (κ2) is 8.59. The van der Waals surface area contributed by atoms with Crippen molar-refractivity contribution in [3.05, 3.63) is 29.8 Å². The zero-order chi connectivity index (χ0) is 15.0. The molecule has 4 heteroatoms. The number of hydrogen-bond donors (Lipinski definition) is 1. The average Bonchev–Trinajstić information content (AvgIpc) is 2.46. The molecule has 1 aromatic carbocycles. The summed E-state index contributed by atoms with van der Waals surface area (Å²) >= 11 is 0. The molecule has 0 amide bonds. The summed E-state index contributed by atoms with van der Waals surface area (Å²) in [7, 11) is 0. The van der Waals surface area contributed by atoms with Crippen LogP contribution in [0.15, 0.2) is 24.3 Å². The van der Waals surface area contributed by atoms with E-state index in [2.05, 4.69) is 19.2 Å². The Morgan fingerprint density at radius 3 is 2.35 bits per heavy atom. The Balaban J connectivity index is 2.64. The van der Waals surface area contributed by atoms with Gasteiger partial charge < -0.3 is 14.8 Å². The molecule has 0 aliphatic carbocycles. The first-order valence-corrected chi connectivity index (χ1v) is 7.28. The molecule has 0 aromatic heterocycles. The van der Waals surface area contributed by atoms with Crippen molar-refractivity contribution in [1.82, 2.24) is 5.32 Å². The zero-order valence-corrected chi connectivity index (χ0v) is 12.8. The van der Waals surface area contributed by atoms with Crippen molar-refractivity contribution in [2.45, 2.75) is 46.3 Å². The van der Waals surface area contributed by atoms with Crippen molar-refractivity contribution >= 4 is 5.97 Å². The van der Waals surface area contributed by atoms with Gasteiger partial charge in [0.05, 0.1) is 6.61 Å². The predicted octanol–water partition coefficient (Wildman–Crippen LogP) is 3.08. The molecule has 1 aromatic rings. The van der Waals surface area contributed by atoms with E-state index in [0.29, 0.717) is 18.4 Å². The highest BCUT2D eigenvalue weighted by molar-refractivity contribution is 5.74. The number of carbonyl (C=O) groups is 1. The van der Waals surface area contributed by atoms with Crippen LogP contribution in [0.25, 0.3) is 0 Å². The number of carbonyl (C=O) groups excluding carboxylic acids is 1. The lowest BCUT2D eigenvalue weighted by Gasteiger charge is -2.17. The second-order valence-corrected chi connectivity index (χ2v) is 4.60. The molecule has 1 rings (SSSR count). The molecular weight excluding hydrogens is 254 g/mol. The molecule has 0 saturated heterocycles. The predicted molar refractivity (Wildman–Crippen MR) is 79.9 cm³/mol. The van der Waals surface area contributed by atoms with E-state index in [-0.39, 0.29) is 5.97 Å². The van der Waals surface area contributed by atoms with Crippen molar-refractivity contribution in [1.29, 1.82) is 0 Å². The van der Waals surface area contributed by atoms with E-state index < -0.39 is 6.10 Å². The van der Waals surface area contributed by atoms with Crippen LogP contribution in [0.2, 0.25) is 0 Å². The number of rotatable bonds is 8. The van der Waals surface area contributed by atoms with Crippen molar-refractivity contribution < 1.29 is 14.3 Å². The summed E-state index contributed by atoms with van der Waals surface area (Å²) in [4.78, 5) is 11.5. The molecule has 112 valence electrons. The van der Waals surface area contributed by atoms with Gasteiger partial charge in [-0.1, -0.05) is 26.0 Å². The maximum Gasteiger partial charge on any atom is 0.347 e. The minimum absolute atomic E-state index is 0.337. The van der Waals surface area contributed by atoms with Crippen molar-refractivity contribution in [3.8, 4) is 5.75 Å². The summed E-state index contributed by atoms with van der Waals surface area (Å²) in [6, 6.07) is 8.21. The lowest BCUT2D eigenvalue weighted by molar-refractivity contribution is -0.150. The summed E-state index contributed by atoms with van der Waals surface area (Å²) in [5, 5.41) is 3.43. The maximum absolute atomic E-state index is 11.5. The SMILES string of the molecule is CCNC(CC)c1ccc(OC(C)C(=O)OCC)cc1. The van der Waals surface area contributed by atoms with Crippen LogP contribution in [0.4, 0.5) is 0 Å². The van der Waals surface area contributed by atoms with Gasteiger partial charge in [-0.15, -0.1) is 0 Å². The number of nitrogens with one attached hydrogen (secondary N) is 1. The largest absolute Gasteiger partial charge is 0.479 e. The van der Waals surface area contributed by atoms with Gasteiger partial charge in [0.15, 0.2) is 6.10 Å². The number of ether oxygens (including phenoxy) is 2. The third-order valence-electron chi connectivity index (χ3n) is 3.07. The van der Waals surface area contributed by atoms with Gasteiger partial charge in [0.2, 0.25) is 0 Å². The third-order valence-corrected chi connectivity index (χ3v) is 3.07. The van der Waals surface area contributed by atoms with Gasteiger partial charge in [-0.25, -0.2) is 4.79 Å². The zero-order valence-electron chi connectivity index (χ0n) is 12.8. The Bertz CT molecular complexity index is 403. The summed E-state index contributed by atoms with van der Waals surface area (Å²) in [5.41, 5.74) is 1.23. The first kappa shape index (κ1) is 16.5. The third kappa shape index (κ3) is 4.85. The Kier molecular flexibility index (Phi) is 7.09. The van der Waals surface area contributed by atoms with Crippen molar-refractivity contribution in [3.63, 3.8) is 0 Å². The Labute approximate surface area is 121 Å². The quantitative estimate of drug-likeness (QED) is 0.743. The normalized spacial score (nSPS) is 13.6. The van der Waals surface area contributed by atoms with Gasteiger partial charge in [-0.2, -0.15) is 0 Å². The van der Waals surface area contributed by atoms with Crippen LogP contribution < -0.4 is 10.1 Å². The fourth-order valence-electron chi connectivity index (χ4n) is 2.03. The van der Waals surface area contributed by atoms with Gasteiger partial charge in [0.25, 0.3) is 0 Å². The molecule has 1 N–H and O–H groups in total. The van der Waals surface area contributed by atoms with Crippen molar-refractivity contribution in [2.75, 3.05) is 13.2 Å². The van der Waals surface area contributed by atoms with Gasteiger partial charge in [0.1, 0.15) is 5.75 Å². The van der Waals surface area contributed by atoms with Crippen LogP contribution in [-0.4, -0.2) is 25.2 Å². The van der Waals surface area contributed by atoms with Crippen LogP contribution in [-0.2, 0) is 9.53 Å². The number of hydrogen-bond acceptors (Lipinski definition) is 4. The molecule has 0 heterocycles. The van der Waals surface area contributed by atoms with Gasteiger partial charge in [-0.3, -0.25) is 0 Å². The van der Waals surface area contributed by atoms with Crippen LogP contribution >= 0.6 is 0 Å². The molecule has 0 fully saturated rings. The first-order valence-electron chi connectivity index (χ1n) is 7.28. The molecule has 0 radical (unpaired) electrons.